The minimum absolute atomic E-state index is 0.396. The number of aryl methyl sites for hydroxylation is 1. The number of hydrogen-bond acceptors (Lipinski definition) is 1. The van der Waals surface area contributed by atoms with E-state index in [0.717, 1.165) is 35.5 Å². The van der Waals surface area contributed by atoms with Crippen LogP contribution in [0.1, 0.15) is 56.7 Å². The zero-order chi connectivity index (χ0) is 15.7. The molecule has 6 unspecified atom stereocenters. The Morgan fingerprint density at radius 2 is 2.13 bits per heavy atom. The maximum absolute atomic E-state index is 9.92. The van der Waals surface area contributed by atoms with Crippen LogP contribution in [0.15, 0.2) is 18.2 Å². The van der Waals surface area contributed by atoms with Gasteiger partial charge in [0, 0.05) is 22.5 Å². The largest absolute Gasteiger partial charge is 0.508 e. The van der Waals surface area contributed by atoms with E-state index in [1.165, 1.54) is 54.3 Å². The van der Waals surface area contributed by atoms with E-state index in [1.54, 1.807) is 0 Å². The van der Waals surface area contributed by atoms with Crippen molar-refractivity contribution >= 4 is 10.9 Å². The Balaban J connectivity index is 1.71. The molecule has 2 N–H and O–H groups in total. The van der Waals surface area contributed by atoms with E-state index in [4.69, 9.17) is 0 Å². The molecule has 0 amide bonds. The number of aromatic hydroxyl groups is 1. The van der Waals surface area contributed by atoms with Crippen LogP contribution in [0.5, 0.6) is 5.75 Å². The Morgan fingerprint density at radius 1 is 1.26 bits per heavy atom. The lowest BCUT2D eigenvalue weighted by atomic mass is 9.48. The predicted molar refractivity (Wildman–Crippen MR) is 93.7 cm³/mol. The fraction of sp³-hybridized carbons (Fsp3) is 0.619. The second-order valence-electron chi connectivity index (χ2n) is 8.39. The molecular formula is C21H27NO. The van der Waals surface area contributed by atoms with Gasteiger partial charge >= 0.3 is 0 Å². The molecule has 0 spiro atoms. The Morgan fingerprint density at radius 3 is 2.91 bits per heavy atom. The van der Waals surface area contributed by atoms with Gasteiger partial charge < -0.3 is 10.1 Å². The van der Waals surface area contributed by atoms with Crippen LogP contribution in [0, 0.1) is 29.6 Å². The van der Waals surface area contributed by atoms with Crippen LogP contribution in [0.3, 0.4) is 0 Å². The van der Waals surface area contributed by atoms with Gasteiger partial charge in [-0.05, 0) is 79.0 Å². The van der Waals surface area contributed by atoms with Crippen LogP contribution in [0.2, 0.25) is 0 Å². The highest BCUT2D eigenvalue weighted by atomic mass is 16.3. The number of phenols is 1. The number of benzene rings is 1. The van der Waals surface area contributed by atoms with Gasteiger partial charge in [-0.2, -0.15) is 0 Å². The van der Waals surface area contributed by atoms with Crippen molar-refractivity contribution in [3.63, 3.8) is 0 Å². The van der Waals surface area contributed by atoms with E-state index in [0.29, 0.717) is 5.75 Å². The number of aromatic amines is 1. The third-order valence-corrected chi connectivity index (χ3v) is 7.60. The number of hydrogen-bond donors (Lipinski definition) is 2. The minimum Gasteiger partial charge on any atom is -0.508 e. The molecule has 23 heavy (non-hydrogen) atoms. The molecule has 3 saturated carbocycles. The number of nitrogens with one attached hydrogen (secondary N) is 1. The molecule has 3 fully saturated rings. The summed E-state index contributed by atoms with van der Waals surface area (Å²) in [5.74, 6) is 5.63. The minimum atomic E-state index is 0.396. The first-order valence-electron chi connectivity index (χ1n) is 9.50. The van der Waals surface area contributed by atoms with Crippen LogP contribution in [0.4, 0.5) is 0 Å². The van der Waals surface area contributed by atoms with Crippen molar-refractivity contribution < 1.29 is 5.11 Å². The van der Waals surface area contributed by atoms with Gasteiger partial charge in [0.05, 0.1) is 0 Å². The fourth-order valence-electron chi connectivity index (χ4n) is 6.72. The third kappa shape index (κ3) is 1.81. The quantitative estimate of drug-likeness (QED) is 0.744. The second-order valence-corrected chi connectivity index (χ2v) is 8.39. The summed E-state index contributed by atoms with van der Waals surface area (Å²) in [5, 5.41) is 11.2. The molecule has 5 aliphatic carbocycles. The van der Waals surface area contributed by atoms with Gasteiger partial charge in [-0.15, -0.1) is 0 Å². The van der Waals surface area contributed by atoms with Crippen molar-refractivity contribution in [1.82, 2.24) is 4.98 Å². The second kappa shape index (κ2) is 4.78. The SMILES string of the molecule is CCC1CC2CC3c4[nH]c5ccc(O)cc5c4CCC2C(C)C13. The molecule has 0 radical (unpaired) electrons. The fourth-order valence-corrected chi connectivity index (χ4v) is 6.72. The van der Waals surface area contributed by atoms with Gasteiger partial charge in [0.1, 0.15) is 5.75 Å². The Kier molecular flexibility index (Phi) is 2.90. The summed E-state index contributed by atoms with van der Waals surface area (Å²) in [5.41, 5.74) is 4.25. The monoisotopic (exact) mass is 309 g/mol. The molecule has 0 aliphatic heterocycles. The lowest BCUT2D eigenvalue weighted by molar-refractivity contribution is -0.0425. The summed E-state index contributed by atoms with van der Waals surface area (Å²) >= 11 is 0. The summed E-state index contributed by atoms with van der Waals surface area (Å²) in [4.78, 5) is 3.78. The van der Waals surface area contributed by atoms with Gasteiger partial charge in [-0.25, -0.2) is 0 Å². The first-order valence-corrected chi connectivity index (χ1v) is 9.50. The Labute approximate surface area is 138 Å². The normalized spacial score (nSPS) is 38.5. The van der Waals surface area contributed by atoms with Gasteiger partial charge in [-0.3, -0.25) is 0 Å². The predicted octanol–water partition coefficient (Wildman–Crippen LogP) is 5.22. The van der Waals surface area contributed by atoms with Crippen molar-refractivity contribution in [2.45, 2.75) is 51.9 Å². The summed E-state index contributed by atoms with van der Waals surface area (Å²) in [6, 6.07) is 5.84. The van der Waals surface area contributed by atoms with E-state index in [1.807, 2.05) is 12.1 Å². The molecule has 6 atom stereocenters. The van der Waals surface area contributed by atoms with Crippen molar-refractivity contribution in [2.24, 2.45) is 29.6 Å². The standard InChI is InChI=1S/C21H27NO/c1-3-12-8-13-9-18-20(12)11(2)15(13)5-6-16-17-10-14(23)4-7-19(17)22-21(16)18/h4,7,10-13,15,18,20,22-23H,3,5-6,8-9H2,1-2H3. The molecule has 2 nitrogen and oxygen atoms in total. The van der Waals surface area contributed by atoms with Crippen molar-refractivity contribution in [2.75, 3.05) is 0 Å². The third-order valence-electron chi connectivity index (χ3n) is 7.60. The van der Waals surface area contributed by atoms with Gasteiger partial charge in [0.25, 0.3) is 0 Å². The molecule has 1 aromatic carbocycles. The Hall–Kier alpha value is -1.44. The average Bonchev–Trinajstić information content (AvgIpc) is 2.89. The van der Waals surface area contributed by atoms with Crippen LogP contribution in [-0.2, 0) is 6.42 Å². The molecular weight excluding hydrogens is 282 g/mol. The molecule has 1 aromatic heterocycles. The van der Waals surface area contributed by atoms with Gasteiger partial charge in [-0.1, -0.05) is 20.3 Å². The summed E-state index contributed by atoms with van der Waals surface area (Å²) in [7, 11) is 0. The Bertz CT molecular complexity index is 759. The molecule has 5 aliphatic rings. The van der Waals surface area contributed by atoms with E-state index in [2.05, 4.69) is 24.9 Å². The number of H-pyrrole nitrogens is 1. The molecule has 2 aromatic rings. The van der Waals surface area contributed by atoms with Gasteiger partial charge in [0.15, 0.2) is 0 Å². The first kappa shape index (κ1) is 13.9. The maximum Gasteiger partial charge on any atom is 0.116 e. The molecule has 7 rings (SSSR count). The number of fused-ring (bicyclic) bond motifs is 3. The summed E-state index contributed by atoms with van der Waals surface area (Å²) < 4.78 is 0. The highest BCUT2D eigenvalue weighted by molar-refractivity contribution is 5.86. The van der Waals surface area contributed by atoms with E-state index >= 15 is 0 Å². The number of rotatable bonds is 1. The summed E-state index contributed by atoms with van der Waals surface area (Å²) in [6.07, 6.45) is 6.72. The van der Waals surface area contributed by atoms with Crippen LogP contribution in [0.25, 0.3) is 10.9 Å². The topological polar surface area (TPSA) is 36.0 Å². The maximum atomic E-state index is 9.92. The van der Waals surface area contributed by atoms with E-state index in [9.17, 15) is 5.11 Å². The van der Waals surface area contributed by atoms with E-state index < -0.39 is 0 Å². The van der Waals surface area contributed by atoms with Crippen LogP contribution < -0.4 is 0 Å². The van der Waals surface area contributed by atoms with Crippen molar-refractivity contribution in [3.05, 3.63) is 29.5 Å². The van der Waals surface area contributed by atoms with Crippen molar-refractivity contribution in [3.8, 4) is 5.75 Å². The first-order chi connectivity index (χ1) is 11.2. The highest BCUT2D eigenvalue weighted by Crippen LogP contribution is 2.61. The lowest BCUT2D eigenvalue weighted by Crippen LogP contribution is -2.49. The summed E-state index contributed by atoms with van der Waals surface area (Å²) in [6.45, 7) is 4.93. The number of aromatic nitrogens is 1. The molecule has 2 heteroatoms. The zero-order valence-electron chi connectivity index (χ0n) is 14.2. The zero-order valence-corrected chi connectivity index (χ0v) is 14.2. The smallest absolute Gasteiger partial charge is 0.116 e. The molecule has 0 saturated heterocycles. The molecule has 1 heterocycles. The highest BCUT2D eigenvalue weighted by Gasteiger charge is 2.52. The lowest BCUT2D eigenvalue weighted by Gasteiger charge is -2.57. The van der Waals surface area contributed by atoms with Crippen molar-refractivity contribution in [1.29, 1.82) is 0 Å². The molecule has 122 valence electrons. The van der Waals surface area contributed by atoms with E-state index in [-0.39, 0.29) is 0 Å². The average molecular weight is 309 g/mol. The van der Waals surface area contributed by atoms with Crippen LogP contribution in [-0.4, -0.2) is 10.1 Å². The number of phenolic OH excluding ortho intramolecular Hbond substituents is 1. The molecule has 4 bridgehead atoms. The van der Waals surface area contributed by atoms with Crippen LogP contribution >= 0.6 is 0 Å². The van der Waals surface area contributed by atoms with Gasteiger partial charge in [0.2, 0.25) is 0 Å².